The van der Waals surface area contributed by atoms with Gasteiger partial charge in [-0.05, 0) is 49.6 Å². The van der Waals surface area contributed by atoms with Crippen LogP contribution in [0.4, 0.5) is 0 Å². The van der Waals surface area contributed by atoms with E-state index < -0.39 is 0 Å². The quantitative estimate of drug-likeness (QED) is 0.629. The van der Waals surface area contributed by atoms with Crippen molar-refractivity contribution in [2.24, 2.45) is 0 Å². The predicted molar refractivity (Wildman–Crippen MR) is 106 cm³/mol. The fourth-order valence-electron chi connectivity index (χ4n) is 3.50. The number of amides is 1. The minimum absolute atomic E-state index is 0.120. The van der Waals surface area contributed by atoms with Crippen LogP contribution in [0.15, 0.2) is 45.3 Å². The van der Waals surface area contributed by atoms with Crippen molar-refractivity contribution >= 4 is 27.6 Å². The molecular weight excluding hydrogens is 408 g/mol. The van der Waals surface area contributed by atoms with Crippen LogP contribution in [-0.4, -0.2) is 16.7 Å². The van der Waals surface area contributed by atoms with E-state index >= 15 is 0 Å². The summed E-state index contributed by atoms with van der Waals surface area (Å²) in [6.45, 7) is 2.11. The van der Waals surface area contributed by atoms with Crippen molar-refractivity contribution in [1.29, 1.82) is 0 Å². The normalized spacial score (nSPS) is 13.5. The van der Waals surface area contributed by atoms with E-state index in [1.165, 1.54) is 0 Å². The van der Waals surface area contributed by atoms with Gasteiger partial charge in [0.1, 0.15) is 17.2 Å². The standard InChI is InChI=1S/C21H19BrN2O3/c1-12-19-16(3-2-4-17(19)25)24-20(12)21(26)23-11-15-9-10-18(27-15)13-5-7-14(22)8-6-13/h5-10,24H,2-4,11H2,1H3,(H,23,26). The zero-order chi connectivity index (χ0) is 19.0. The average Bonchev–Trinajstić information content (AvgIpc) is 3.26. The number of hydrogen-bond donors (Lipinski definition) is 2. The number of halogens is 1. The first-order chi connectivity index (χ1) is 13.0. The topological polar surface area (TPSA) is 75.1 Å². The van der Waals surface area contributed by atoms with Crippen LogP contribution in [0.25, 0.3) is 11.3 Å². The van der Waals surface area contributed by atoms with Crippen molar-refractivity contribution in [3.8, 4) is 11.3 Å². The van der Waals surface area contributed by atoms with Gasteiger partial charge in [-0.25, -0.2) is 0 Å². The van der Waals surface area contributed by atoms with E-state index in [2.05, 4.69) is 26.2 Å². The molecule has 1 aliphatic carbocycles. The molecule has 4 rings (SSSR count). The van der Waals surface area contributed by atoms with E-state index in [0.29, 0.717) is 23.4 Å². The molecule has 2 N–H and O–H groups in total. The monoisotopic (exact) mass is 426 g/mol. The summed E-state index contributed by atoms with van der Waals surface area (Å²) in [6.07, 6.45) is 2.19. The summed E-state index contributed by atoms with van der Waals surface area (Å²) in [6, 6.07) is 11.6. The summed E-state index contributed by atoms with van der Waals surface area (Å²) in [5, 5.41) is 2.87. The molecule has 5 nitrogen and oxygen atoms in total. The van der Waals surface area contributed by atoms with E-state index in [9.17, 15) is 9.59 Å². The maximum absolute atomic E-state index is 12.6. The van der Waals surface area contributed by atoms with Crippen LogP contribution in [0.3, 0.4) is 0 Å². The SMILES string of the molecule is Cc1c(C(=O)NCc2ccc(-c3ccc(Br)cc3)o2)[nH]c2c1C(=O)CCC2. The van der Waals surface area contributed by atoms with E-state index in [4.69, 9.17) is 4.42 Å². The lowest BCUT2D eigenvalue weighted by Crippen LogP contribution is -2.23. The minimum atomic E-state index is -0.226. The van der Waals surface area contributed by atoms with Gasteiger partial charge in [-0.2, -0.15) is 0 Å². The number of fused-ring (bicyclic) bond motifs is 1. The Balaban J connectivity index is 1.46. The minimum Gasteiger partial charge on any atom is -0.459 e. The third kappa shape index (κ3) is 3.49. The molecule has 6 heteroatoms. The van der Waals surface area contributed by atoms with Gasteiger partial charge in [-0.1, -0.05) is 28.1 Å². The number of benzene rings is 1. The van der Waals surface area contributed by atoms with Crippen LogP contribution >= 0.6 is 15.9 Å². The van der Waals surface area contributed by atoms with Crippen LogP contribution in [0.2, 0.25) is 0 Å². The van der Waals surface area contributed by atoms with Gasteiger partial charge < -0.3 is 14.7 Å². The number of ketones is 1. The molecule has 0 saturated heterocycles. The molecule has 27 heavy (non-hydrogen) atoms. The second-order valence-corrected chi connectivity index (χ2v) is 7.63. The van der Waals surface area contributed by atoms with Crippen molar-refractivity contribution in [3.63, 3.8) is 0 Å². The summed E-state index contributed by atoms with van der Waals surface area (Å²) >= 11 is 3.41. The van der Waals surface area contributed by atoms with Crippen molar-refractivity contribution in [3.05, 3.63) is 69.1 Å². The van der Waals surface area contributed by atoms with E-state index in [0.717, 1.165) is 39.9 Å². The number of rotatable bonds is 4. The Kier molecular flexibility index (Phi) is 4.74. The number of furan rings is 1. The van der Waals surface area contributed by atoms with Crippen molar-refractivity contribution in [1.82, 2.24) is 10.3 Å². The van der Waals surface area contributed by atoms with Gasteiger partial charge in [0, 0.05) is 27.7 Å². The number of carbonyl (C=O) groups is 2. The van der Waals surface area contributed by atoms with Crippen molar-refractivity contribution < 1.29 is 14.0 Å². The van der Waals surface area contributed by atoms with Crippen molar-refractivity contribution in [2.75, 3.05) is 0 Å². The van der Waals surface area contributed by atoms with E-state index in [1.807, 2.05) is 43.3 Å². The highest BCUT2D eigenvalue weighted by atomic mass is 79.9. The molecule has 2 heterocycles. The highest BCUT2D eigenvalue weighted by Gasteiger charge is 2.26. The van der Waals surface area contributed by atoms with Crippen LogP contribution in [-0.2, 0) is 13.0 Å². The molecule has 0 bridgehead atoms. The van der Waals surface area contributed by atoms with Crippen LogP contribution in [0, 0.1) is 6.92 Å². The number of carbonyl (C=O) groups excluding carboxylic acids is 2. The van der Waals surface area contributed by atoms with E-state index in [-0.39, 0.29) is 18.2 Å². The largest absolute Gasteiger partial charge is 0.459 e. The number of nitrogens with one attached hydrogen (secondary N) is 2. The summed E-state index contributed by atoms with van der Waals surface area (Å²) in [4.78, 5) is 27.8. The summed E-state index contributed by atoms with van der Waals surface area (Å²) < 4.78 is 6.84. The van der Waals surface area contributed by atoms with Crippen LogP contribution in [0.5, 0.6) is 0 Å². The first kappa shape index (κ1) is 17.8. The molecule has 0 saturated carbocycles. The zero-order valence-electron chi connectivity index (χ0n) is 14.9. The first-order valence-corrected chi connectivity index (χ1v) is 9.69. The third-order valence-electron chi connectivity index (χ3n) is 4.88. The van der Waals surface area contributed by atoms with Gasteiger partial charge in [-0.3, -0.25) is 9.59 Å². The number of aromatic nitrogens is 1. The fourth-order valence-corrected chi connectivity index (χ4v) is 3.76. The smallest absolute Gasteiger partial charge is 0.268 e. The third-order valence-corrected chi connectivity index (χ3v) is 5.41. The first-order valence-electron chi connectivity index (χ1n) is 8.90. The Morgan fingerprint density at radius 3 is 2.70 bits per heavy atom. The van der Waals surface area contributed by atoms with Crippen LogP contribution < -0.4 is 5.32 Å². The Bertz CT molecular complexity index is 1010. The molecule has 3 aromatic rings. The molecule has 1 aromatic carbocycles. The molecule has 2 aromatic heterocycles. The number of hydrogen-bond acceptors (Lipinski definition) is 3. The Morgan fingerprint density at radius 2 is 1.96 bits per heavy atom. The van der Waals surface area contributed by atoms with E-state index in [1.54, 1.807) is 0 Å². The second kappa shape index (κ2) is 7.19. The molecule has 0 unspecified atom stereocenters. The van der Waals surface area contributed by atoms with Gasteiger partial charge in [0.15, 0.2) is 5.78 Å². The fraction of sp³-hybridized carbons (Fsp3) is 0.238. The maximum atomic E-state index is 12.6. The molecular formula is C21H19BrN2O3. The van der Waals surface area contributed by atoms with Gasteiger partial charge in [-0.15, -0.1) is 0 Å². The predicted octanol–water partition coefficient (Wildman–Crippen LogP) is 4.79. The maximum Gasteiger partial charge on any atom is 0.268 e. The Labute approximate surface area is 165 Å². The van der Waals surface area contributed by atoms with Gasteiger partial charge in [0.2, 0.25) is 0 Å². The molecule has 0 spiro atoms. The lowest BCUT2D eigenvalue weighted by molar-refractivity contribution is 0.0942. The molecule has 1 aliphatic rings. The van der Waals surface area contributed by atoms with Gasteiger partial charge >= 0.3 is 0 Å². The Hall–Kier alpha value is -2.60. The number of Topliss-reactive ketones (excluding diaryl/α,β-unsaturated/α-hetero) is 1. The highest BCUT2D eigenvalue weighted by molar-refractivity contribution is 9.10. The number of aryl methyl sites for hydroxylation is 1. The lowest BCUT2D eigenvalue weighted by atomic mass is 9.94. The zero-order valence-corrected chi connectivity index (χ0v) is 16.5. The summed E-state index contributed by atoms with van der Waals surface area (Å²) in [5.41, 5.74) is 3.76. The number of H-pyrrole nitrogens is 1. The van der Waals surface area contributed by atoms with Gasteiger partial charge in [0.05, 0.1) is 6.54 Å². The Morgan fingerprint density at radius 1 is 1.19 bits per heavy atom. The summed E-state index contributed by atoms with van der Waals surface area (Å²) in [7, 11) is 0. The average molecular weight is 427 g/mol. The van der Waals surface area contributed by atoms with Crippen LogP contribution in [0.1, 0.15) is 50.7 Å². The lowest BCUT2D eigenvalue weighted by Gasteiger charge is -2.09. The molecule has 0 radical (unpaired) electrons. The van der Waals surface area contributed by atoms with Crippen molar-refractivity contribution in [2.45, 2.75) is 32.7 Å². The number of aromatic amines is 1. The molecule has 138 valence electrons. The molecule has 1 amide bonds. The second-order valence-electron chi connectivity index (χ2n) is 6.71. The highest BCUT2D eigenvalue weighted by Crippen LogP contribution is 2.27. The molecule has 0 aliphatic heterocycles. The molecule has 0 fully saturated rings. The van der Waals surface area contributed by atoms with Gasteiger partial charge in [0.25, 0.3) is 5.91 Å². The summed E-state index contributed by atoms with van der Waals surface area (Å²) in [5.74, 6) is 1.32. The molecule has 0 atom stereocenters.